The number of carbonyl (C=O) groups excluding carboxylic acids is 3. The first-order valence-electron chi connectivity index (χ1n) is 13.3. The van der Waals surface area contributed by atoms with E-state index in [1.165, 1.54) is 4.90 Å². The van der Waals surface area contributed by atoms with Gasteiger partial charge in [-0.25, -0.2) is 0 Å². The van der Waals surface area contributed by atoms with Gasteiger partial charge in [-0.15, -0.1) is 0 Å². The molecule has 0 heterocycles. The zero-order valence-electron chi connectivity index (χ0n) is 24.1. The van der Waals surface area contributed by atoms with Crippen LogP contribution in [-0.2, 0) is 22.6 Å². The Bertz CT molecular complexity index is 1350. The van der Waals surface area contributed by atoms with Crippen molar-refractivity contribution in [3.63, 3.8) is 0 Å². The third kappa shape index (κ3) is 4.46. The smallest absolute Gasteiger partial charge is 0.255 e. The summed E-state index contributed by atoms with van der Waals surface area (Å²) in [6.45, 7) is 7.17. The molecular formula is C29H40N4O7. The van der Waals surface area contributed by atoms with Crippen LogP contribution in [0.3, 0.4) is 0 Å². The minimum Gasteiger partial charge on any atom is -0.510 e. The second-order valence-electron chi connectivity index (χ2n) is 12.8. The number of Topliss-reactive ketones (excluding diaryl/α,β-unsaturated/α-hetero) is 2. The lowest BCUT2D eigenvalue weighted by molar-refractivity contribution is -0.148. The molecule has 218 valence electrons. The number of phenolic OH excluding ortho intramolecular Hbond substituents is 1. The number of nitrogens with zero attached hydrogens (tertiary/aromatic N) is 2. The van der Waals surface area contributed by atoms with E-state index in [0.717, 1.165) is 5.69 Å². The first-order chi connectivity index (χ1) is 18.4. The lowest BCUT2D eigenvalue weighted by Gasteiger charge is -2.50. The van der Waals surface area contributed by atoms with E-state index in [2.05, 4.69) is 26.1 Å². The van der Waals surface area contributed by atoms with Crippen molar-refractivity contribution in [2.45, 2.75) is 51.8 Å². The van der Waals surface area contributed by atoms with Gasteiger partial charge in [-0.2, -0.15) is 0 Å². The highest BCUT2D eigenvalue weighted by Crippen LogP contribution is 2.53. The molecule has 7 N–H and O–H groups in total. The van der Waals surface area contributed by atoms with E-state index >= 15 is 0 Å². The zero-order valence-corrected chi connectivity index (χ0v) is 24.1. The molecule has 4 atom stereocenters. The van der Waals surface area contributed by atoms with Crippen molar-refractivity contribution < 1.29 is 34.8 Å². The molecule has 1 aromatic carbocycles. The van der Waals surface area contributed by atoms with Crippen LogP contribution in [0.4, 0.5) is 5.69 Å². The Hall–Kier alpha value is -3.41. The first-order valence-corrected chi connectivity index (χ1v) is 13.3. The van der Waals surface area contributed by atoms with E-state index in [1.54, 1.807) is 14.1 Å². The van der Waals surface area contributed by atoms with Gasteiger partial charge < -0.3 is 36.4 Å². The Balaban J connectivity index is 1.90. The molecule has 0 bridgehead atoms. The van der Waals surface area contributed by atoms with Gasteiger partial charge >= 0.3 is 0 Å². The maximum Gasteiger partial charge on any atom is 0.255 e. The molecule has 0 spiro atoms. The Kier molecular flexibility index (Phi) is 7.32. The highest BCUT2D eigenvalue weighted by atomic mass is 16.3. The summed E-state index contributed by atoms with van der Waals surface area (Å²) < 4.78 is 0. The number of anilines is 1. The number of rotatable bonds is 6. The largest absolute Gasteiger partial charge is 0.510 e. The summed E-state index contributed by atoms with van der Waals surface area (Å²) in [7, 11) is 6.87. The van der Waals surface area contributed by atoms with Crippen LogP contribution in [0.25, 0.3) is 0 Å². The van der Waals surface area contributed by atoms with Crippen molar-refractivity contribution in [3.05, 3.63) is 45.4 Å². The van der Waals surface area contributed by atoms with Crippen molar-refractivity contribution in [3.8, 4) is 5.75 Å². The van der Waals surface area contributed by atoms with E-state index in [1.807, 2.05) is 25.1 Å². The summed E-state index contributed by atoms with van der Waals surface area (Å²) in [4.78, 5) is 43.0. The van der Waals surface area contributed by atoms with Crippen LogP contribution in [0.15, 0.2) is 28.7 Å². The fourth-order valence-corrected chi connectivity index (χ4v) is 6.46. The van der Waals surface area contributed by atoms with Gasteiger partial charge in [0.2, 0.25) is 5.78 Å². The number of ketones is 2. The van der Waals surface area contributed by atoms with Gasteiger partial charge in [-0.3, -0.25) is 19.3 Å². The second kappa shape index (κ2) is 9.90. The number of phenols is 1. The summed E-state index contributed by atoms with van der Waals surface area (Å²) in [5.41, 5.74) is 3.58. The van der Waals surface area contributed by atoms with Crippen molar-refractivity contribution >= 4 is 23.2 Å². The van der Waals surface area contributed by atoms with Crippen LogP contribution in [0, 0.1) is 17.3 Å². The maximum atomic E-state index is 14.1. The summed E-state index contributed by atoms with van der Waals surface area (Å²) >= 11 is 0. The predicted octanol–water partition coefficient (Wildman–Crippen LogP) is 1.32. The molecule has 3 aliphatic carbocycles. The molecule has 11 heteroatoms. The van der Waals surface area contributed by atoms with Crippen molar-refractivity contribution in [1.29, 1.82) is 0 Å². The molecule has 11 nitrogen and oxygen atoms in total. The molecule has 0 radical (unpaired) electrons. The standard InChI is InChI=1S/C29H40N4O7/c1-28(2,3)12-31-11-14-10-17(32(4)5)15-8-13-9-16-21(33(6)7)24(36)20(27(30)39)26(38)29(16,40)25(37)18(13)23(35)19(15)22(14)34/h10,13,16,21,31,34,36-37,40H,8-9,11-12H2,1-7H3,(H2,30,39)/t13-,16-,21-,29-/m1/s1. The number of carbonyl (C=O) groups is 3. The second-order valence-corrected chi connectivity index (χ2v) is 12.8. The number of hydrogen-bond donors (Lipinski definition) is 6. The molecule has 1 aromatic rings. The average Bonchev–Trinajstić information content (AvgIpc) is 2.81. The zero-order chi connectivity index (χ0) is 30.1. The fraction of sp³-hybridized carbons (Fsp3) is 0.552. The Labute approximate surface area is 233 Å². The van der Waals surface area contributed by atoms with Crippen LogP contribution in [-0.4, -0.2) is 89.2 Å². The van der Waals surface area contributed by atoms with Crippen molar-refractivity contribution in [2.75, 3.05) is 39.6 Å². The molecule has 0 unspecified atom stereocenters. The summed E-state index contributed by atoms with van der Waals surface area (Å²) in [5, 5.41) is 48.8. The number of benzene rings is 1. The summed E-state index contributed by atoms with van der Waals surface area (Å²) in [6.07, 6.45) is 0.291. The minimum atomic E-state index is -2.66. The van der Waals surface area contributed by atoms with Crippen molar-refractivity contribution in [1.82, 2.24) is 10.2 Å². The molecule has 0 aliphatic heterocycles. The third-order valence-corrected chi connectivity index (χ3v) is 8.23. The molecule has 0 saturated carbocycles. The SMILES string of the molecule is CN(C)c1cc(CNCC(C)(C)C)c(O)c2c1C[C@@H]1C[C@@H]3[C@@H](N(C)C)C(O)=C(C(N)=O)C(=O)[C@]3(O)C(O)=C1C2=O. The number of aliphatic hydroxyl groups is 3. The maximum absolute atomic E-state index is 14.1. The van der Waals surface area contributed by atoms with Crippen LogP contribution >= 0.6 is 0 Å². The molecule has 0 aromatic heterocycles. The van der Waals surface area contributed by atoms with Crippen LogP contribution in [0.5, 0.6) is 5.75 Å². The van der Waals surface area contributed by atoms with E-state index in [9.17, 15) is 34.8 Å². The van der Waals surface area contributed by atoms with E-state index in [0.29, 0.717) is 24.2 Å². The number of hydrogen-bond acceptors (Lipinski definition) is 10. The molecular weight excluding hydrogens is 516 g/mol. The van der Waals surface area contributed by atoms with Gasteiger partial charge in [-0.05, 0) is 49.9 Å². The molecule has 0 saturated heterocycles. The topological polar surface area (TPSA) is 177 Å². The van der Waals surface area contributed by atoms with E-state index < -0.39 is 58.0 Å². The Morgan fingerprint density at radius 1 is 1.15 bits per heavy atom. The molecule has 40 heavy (non-hydrogen) atoms. The van der Waals surface area contributed by atoms with Gasteiger partial charge in [0.25, 0.3) is 5.91 Å². The van der Waals surface area contributed by atoms with E-state index in [4.69, 9.17) is 5.73 Å². The Morgan fingerprint density at radius 3 is 2.30 bits per heavy atom. The Morgan fingerprint density at radius 2 is 1.77 bits per heavy atom. The summed E-state index contributed by atoms with van der Waals surface area (Å²) in [5.74, 6) is -6.54. The predicted molar refractivity (Wildman–Crippen MR) is 149 cm³/mol. The number of primary amides is 1. The van der Waals surface area contributed by atoms with Crippen LogP contribution in [0.2, 0.25) is 0 Å². The van der Waals surface area contributed by atoms with Gasteiger partial charge in [0.05, 0.1) is 11.6 Å². The minimum absolute atomic E-state index is 0.00841. The normalized spacial score (nSPS) is 26.6. The lowest BCUT2D eigenvalue weighted by atomic mass is 9.58. The van der Waals surface area contributed by atoms with Gasteiger partial charge in [0.15, 0.2) is 11.4 Å². The molecule has 3 aliphatic rings. The van der Waals surface area contributed by atoms with Gasteiger partial charge in [-0.1, -0.05) is 20.8 Å². The number of nitrogens with two attached hydrogens (primary N) is 1. The summed E-state index contributed by atoms with van der Waals surface area (Å²) in [6, 6.07) is 0.814. The number of amides is 1. The molecule has 0 fully saturated rings. The first kappa shape index (κ1) is 29.6. The lowest BCUT2D eigenvalue weighted by Crippen LogP contribution is -2.63. The average molecular weight is 557 g/mol. The highest BCUT2D eigenvalue weighted by molar-refractivity contribution is 6.24. The monoisotopic (exact) mass is 556 g/mol. The van der Waals surface area contributed by atoms with Gasteiger partial charge in [0, 0.05) is 49.9 Å². The third-order valence-electron chi connectivity index (χ3n) is 8.23. The fourth-order valence-electron chi connectivity index (χ4n) is 6.46. The van der Waals surface area contributed by atoms with Crippen LogP contribution < -0.4 is 16.0 Å². The number of fused-ring (bicyclic) bond motifs is 3. The quantitative estimate of drug-likeness (QED) is 0.280. The number of allylic oxidation sites excluding steroid dienone is 1. The van der Waals surface area contributed by atoms with E-state index in [-0.39, 0.29) is 35.1 Å². The molecule has 4 rings (SSSR count). The van der Waals surface area contributed by atoms with Crippen LogP contribution in [0.1, 0.15) is 48.7 Å². The number of aliphatic hydroxyl groups excluding tert-OH is 2. The van der Waals surface area contributed by atoms with Crippen molar-refractivity contribution in [2.24, 2.45) is 23.0 Å². The number of aromatic hydroxyl groups is 1. The highest BCUT2D eigenvalue weighted by Gasteiger charge is 2.63. The number of likely N-dealkylation sites (N-methyl/N-ethyl adjacent to an activating group) is 1. The number of nitrogens with one attached hydrogen (secondary N) is 1. The van der Waals surface area contributed by atoms with Gasteiger partial charge in [0.1, 0.15) is 22.8 Å². The molecule has 1 amide bonds.